The first kappa shape index (κ1) is 12.9. The number of nitrogens with one attached hydrogen (secondary N) is 1. The monoisotopic (exact) mass is 261 g/mol. The van der Waals surface area contributed by atoms with E-state index in [1.165, 1.54) is 11.9 Å². The number of nitrogens with zero attached hydrogens (tertiary/aromatic N) is 2. The van der Waals surface area contributed by atoms with Gasteiger partial charge in [0.25, 0.3) is 0 Å². The number of hydrogen-bond acceptors (Lipinski definition) is 2. The number of benzene rings is 1. The fourth-order valence-corrected chi connectivity index (χ4v) is 2.58. The molecule has 18 heavy (non-hydrogen) atoms. The van der Waals surface area contributed by atoms with Gasteiger partial charge in [-0.05, 0) is 49.7 Å². The molecule has 1 aliphatic rings. The molecule has 1 saturated heterocycles. The Bertz CT molecular complexity index is 576. The summed E-state index contributed by atoms with van der Waals surface area (Å²) in [5, 5.41) is 13.4. The van der Waals surface area contributed by atoms with Gasteiger partial charge in [0, 0.05) is 23.6 Å². The van der Waals surface area contributed by atoms with Crippen LogP contribution < -0.4 is 5.32 Å². The Kier molecular flexibility index (Phi) is 3.90. The smallest absolute Gasteiger partial charge is 0.0991 e. The van der Waals surface area contributed by atoms with E-state index in [1.807, 2.05) is 12.1 Å². The number of nitriles is 1. The second-order valence-corrected chi connectivity index (χ2v) is 4.71. The molecule has 1 unspecified atom stereocenters. The Morgan fingerprint density at radius 2 is 2.28 bits per heavy atom. The van der Waals surface area contributed by atoms with Crippen LogP contribution in [0.2, 0.25) is 0 Å². The first-order valence-electron chi connectivity index (χ1n) is 6.06. The van der Waals surface area contributed by atoms with Gasteiger partial charge in [0.1, 0.15) is 0 Å². The third kappa shape index (κ3) is 2.35. The topological polar surface area (TPSA) is 40.8 Å². The molecule has 2 heterocycles. The number of fused-ring (bicyclic) bond motifs is 1. The van der Waals surface area contributed by atoms with Crippen molar-refractivity contribution in [1.29, 1.82) is 5.26 Å². The molecule has 1 aliphatic heterocycles. The fraction of sp³-hybridized carbons (Fsp3) is 0.357. The first-order chi connectivity index (χ1) is 8.36. The van der Waals surface area contributed by atoms with Gasteiger partial charge in [0.15, 0.2) is 0 Å². The SMILES string of the molecule is Cl.N#Cc1ccc2c(ccn2CC2CCNC2)c1. The maximum Gasteiger partial charge on any atom is 0.0991 e. The second kappa shape index (κ2) is 5.43. The number of aromatic nitrogens is 1. The van der Waals surface area contributed by atoms with Crippen LogP contribution in [0.5, 0.6) is 0 Å². The van der Waals surface area contributed by atoms with E-state index in [1.54, 1.807) is 0 Å². The zero-order chi connectivity index (χ0) is 11.7. The minimum Gasteiger partial charge on any atom is -0.347 e. The van der Waals surface area contributed by atoms with E-state index in [-0.39, 0.29) is 12.4 Å². The first-order valence-corrected chi connectivity index (χ1v) is 6.06. The molecule has 2 aromatic rings. The van der Waals surface area contributed by atoms with Gasteiger partial charge < -0.3 is 9.88 Å². The normalized spacial score (nSPS) is 18.5. The Labute approximate surface area is 113 Å². The van der Waals surface area contributed by atoms with Crippen LogP contribution in [0.25, 0.3) is 10.9 Å². The summed E-state index contributed by atoms with van der Waals surface area (Å²) in [5.74, 6) is 0.737. The van der Waals surface area contributed by atoms with Crippen LogP contribution in [0.4, 0.5) is 0 Å². The molecule has 4 heteroatoms. The molecular weight excluding hydrogens is 246 g/mol. The van der Waals surface area contributed by atoms with Crippen LogP contribution in [0.1, 0.15) is 12.0 Å². The molecule has 0 radical (unpaired) electrons. The lowest BCUT2D eigenvalue weighted by atomic mass is 10.1. The van der Waals surface area contributed by atoms with Crippen molar-refractivity contribution in [3.05, 3.63) is 36.0 Å². The van der Waals surface area contributed by atoms with Gasteiger partial charge >= 0.3 is 0 Å². The highest BCUT2D eigenvalue weighted by Gasteiger charge is 2.15. The van der Waals surface area contributed by atoms with Crippen LogP contribution in [0.3, 0.4) is 0 Å². The van der Waals surface area contributed by atoms with E-state index in [0.29, 0.717) is 0 Å². The number of halogens is 1. The van der Waals surface area contributed by atoms with Crippen molar-refractivity contribution < 1.29 is 0 Å². The Morgan fingerprint density at radius 1 is 1.39 bits per heavy atom. The predicted octanol–water partition coefficient (Wildman–Crippen LogP) is 2.54. The average molecular weight is 262 g/mol. The Balaban J connectivity index is 0.00000120. The molecule has 1 aromatic heterocycles. The van der Waals surface area contributed by atoms with E-state index in [9.17, 15) is 0 Å². The summed E-state index contributed by atoms with van der Waals surface area (Å²) in [7, 11) is 0. The summed E-state index contributed by atoms with van der Waals surface area (Å²) in [5.41, 5.74) is 1.97. The van der Waals surface area contributed by atoms with Crippen LogP contribution in [-0.2, 0) is 6.54 Å². The zero-order valence-corrected chi connectivity index (χ0v) is 10.9. The summed E-state index contributed by atoms with van der Waals surface area (Å²) in [6.45, 7) is 3.33. The molecular formula is C14H16ClN3. The van der Waals surface area contributed by atoms with Crippen molar-refractivity contribution in [1.82, 2.24) is 9.88 Å². The Morgan fingerprint density at radius 3 is 3.00 bits per heavy atom. The van der Waals surface area contributed by atoms with Crippen molar-refractivity contribution in [2.75, 3.05) is 13.1 Å². The molecule has 3 nitrogen and oxygen atoms in total. The molecule has 0 bridgehead atoms. The minimum atomic E-state index is 0. The van der Waals surface area contributed by atoms with Gasteiger partial charge in [-0.1, -0.05) is 0 Å². The molecule has 1 atom stereocenters. The highest BCUT2D eigenvalue weighted by molar-refractivity contribution is 5.85. The van der Waals surface area contributed by atoms with Crippen molar-refractivity contribution in [3.63, 3.8) is 0 Å². The Hall–Kier alpha value is -1.50. The third-order valence-corrected chi connectivity index (χ3v) is 3.52. The molecule has 0 saturated carbocycles. The van der Waals surface area contributed by atoms with Crippen LogP contribution in [0, 0.1) is 17.2 Å². The highest BCUT2D eigenvalue weighted by atomic mass is 35.5. The van der Waals surface area contributed by atoms with Gasteiger partial charge in [0.2, 0.25) is 0 Å². The van der Waals surface area contributed by atoms with Crippen molar-refractivity contribution in [3.8, 4) is 6.07 Å². The van der Waals surface area contributed by atoms with Crippen LogP contribution in [0.15, 0.2) is 30.5 Å². The molecule has 94 valence electrons. The second-order valence-electron chi connectivity index (χ2n) is 4.71. The van der Waals surface area contributed by atoms with E-state index in [2.05, 4.69) is 34.3 Å². The fourth-order valence-electron chi connectivity index (χ4n) is 2.58. The molecule has 0 spiro atoms. The number of hydrogen-bond donors (Lipinski definition) is 1. The highest BCUT2D eigenvalue weighted by Crippen LogP contribution is 2.20. The van der Waals surface area contributed by atoms with Crippen molar-refractivity contribution in [2.45, 2.75) is 13.0 Å². The van der Waals surface area contributed by atoms with E-state index in [4.69, 9.17) is 5.26 Å². The van der Waals surface area contributed by atoms with Crippen molar-refractivity contribution >= 4 is 23.3 Å². The summed E-state index contributed by atoms with van der Waals surface area (Å²) in [4.78, 5) is 0. The summed E-state index contributed by atoms with van der Waals surface area (Å²) < 4.78 is 2.30. The minimum absolute atomic E-state index is 0. The zero-order valence-electron chi connectivity index (χ0n) is 10.1. The number of rotatable bonds is 2. The van der Waals surface area contributed by atoms with Crippen molar-refractivity contribution in [2.24, 2.45) is 5.92 Å². The largest absolute Gasteiger partial charge is 0.347 e. The third-order valence-electron chi connectivity index (χ3n) is 3.52. The predicted molar refractivity (Wildman–Crippen MR) is 74.9 cm³/mol. The lowest BCUT2D eigenvalue weighted by molar-refractivity contribution is 0.491. The summed E-state index contributed by atoms with van der Waals surface area (Å²) in [6.07, 6.45) is 3.39. The summed E-state index contributed by atoms with van der Waals surface area (Å²) in [6, 6.07) is 10.2. The van der Waals surface area contributed by atoms with Crippen LogP contribution >= 0.6 is 12.4 Å². The van der Waals surface area contributed by atoms with E-state index >= 15 is 0 Å². The molecule has 1 N–H and O–H groups in total. The quantitative estimate of drug-likeness (QED) is 0.903. The van der Waals surface area contributed by atoms with Gasteiger partial charge in [-0.2, -0.15) is 5.26 Å². The van der Waals surface area contributed by atoms with Gasteiger partial charge in [-0.25, -0.2) is 0 Å². The molecule has 0 aliphatic carbocycles. The molecule has 0 amide bonds. The van der Waals surface area contributed by atoms with Gasteiger partial charge in [-0.15, -0.1) is 12.4 Å². The lowest BCUT2D eigenvalue weighted by Crippen LogP contribution is -2.13. The molecule has 1 aromatic carbocycles. The lowest BCUT2D eigenvalue weighted by Gasteiger charge is -2.10. The van der Waals surface area contributed by atoms with E-state index in [0.717, 1.165) is 36.5 Å². The molecule has 1 fully saturated rings. The standard InChI is InChI=1S/C14H15N3.ClH/c15-8-11-1-2-14-13(7-11)4-6-17(14)10-12-3-5-16-9-12;/h1-2,4,6-7,12,16H,3,5,9-10H2;1H. The average Bonchev–Trinajstić information content (AvgIpc) is 2.99. The van der Waals surface area contributed by atoms with E-state index < -0.39 is 0 Å². The maximum absolute atomic E-state index is 8.87. The molecule has 3 rings (SSSR count). The maximum atomic E-state index is 8.87. The van der Waals surface area contributed by atoms with Gasteiger partial charge in [0.05, 0.1) is 11.6 Å². The van der Waals surface area contributed by atoms with Crippen LogP contribution in [-0.4, -0.2) is 17.7 Å². The summed E-state index contributed by atoms with van der Waals surface area (Å²) >= 11 is 0. The van der Waals surface area contributed by atoms with Gasteiger partial charge in [-0.3, -0.25) is 0 Å².